The van der Waals surface area contributed by atoms with E-state index in [1.807, 2.05) is 35.2 Å². The molecule has 5 heterocycles. The summed E-state index contributed by atoms with van der Waals surface area (Å²) in [6, 6.07) is 19.4. The molecule has 4 aromatic rings. The highest BCUT2D eigenvalue weighted by molar-refractivity contribution is 7.99. The molecule has 5 aliphatic heterocycles. The number of halogens is 4. The van der Waals surface area contributed by atoms with Gasteiger partial charge in [0.2, 0.25) is 11.8 Å². The number of hydrogen-bond donors (Lipinski definition) is 3. The summed E-state index contributed by atoms with van der Waals surface area (Å²) in [5, 5.41) is 5.07. The van der Waals surface area contributed by atoms with Crippen LogP contribution < -0.4 is 15.4 Å². The van der Waals surface area contributed by atoms with Crippen molar-refractivity contribution in [2.24, 2.45) is 0 Å². The minimum absolute atomic E-state index is 0.00311. The summed E-state index contributed by atoms with van der Waals surface area (Å²) in [4.78, 5) is 66.9. The number of sulfonamides is 1. The predicted molar refractivity (Wildman–Crippen MR) is 227 cm³/mol. The number of imide groups is 2. The van der Waals surface area contributed by atoms with Gasteiger partial charge in [-0.3, -0.25) is 44.0 Å². The summed E-state index contributed by atoms with van der Waals surface area (Å²) >= 11 is 1.38. The van der Waals surface area contributed by atoms with Crippen LogP contribution in [0.4, 0.5) is 23.2 Å². The van der Waals surface area contributed by atoms with Gasteiger partial charge < -0.3 is 5.32 Å². The fraction of sp³-hybridized carbons (Fsp3) is 0.326. The first-order chi connectivity index (χ1) is 30.8. The highest BCUT2D eigenvalue weighted by Crippen LogP contribution is 2.39. The molecule has 0 saturated carbocycles. The number of carbonyl (C=O) groups is 5. The lowest BCUT2D eigenvalue weighted by atomic mass is 9.86. The van der Waals surface area contributed by atoms with Crippen LogP contribution in [0, 0.1) is 5.82 Å². The van der Waals surface area contributed by atoms with Gasteiger partial charge in [-0.15, -0.1) is 11.8 Å². The van der Waals surface area contributed by atoms with Crippen molar-refractivity contribution in [3.05, 3.63) is 119 Å². The highest BCUT2D eigenvalue weighted by Gasteiger charge is 2.50. The van der Waals surface area contributed by atoms with Crippen molar-refractivity contribution in [3.63, 3.8) is 0 Å². The summed E-state index contributed by atoms with van der Waals surface area (Å²) in [6.07, 6.45) is 0.965. The maximum Gasteiger partial charge on any atom is 0.501 e. The molecule has 9 rings (SSSR count). The molecule has 15 nitrogen and oxygen atoms in total. The molecule has 0 aliphatic carbocycles. The van der Waals surface area contributed by atoms with Crippen LogP contribution >= 0.6 is 11.8 Å². The van der Waals surface area contributed by atoms with Gasteiger partial charge in [-0.2, -0.15) is 13.2 Å². The molecule has 3 N–H and O–H groups in total. The fourth-order valence-electron chi connectivity index (χ4n) is 8.59. The average Bonchev–Trinajstić information content (AvgIpc) is 3.52. The highest BCUT2D eigenvalue weighted by atomic mass is 32.2. The van der Waals surface area contributed by atoms with Gasteiger partial charge in [-0.05, 0) is 67.8 Å². The number of thioether (sulfide) groups is 1. The number of rotatable bonds is 15. The number of nitrogens with zero attached hydrogens (tertiary/aromatic N) is 3. The SMILES string of the molecule is O=C1CCC(N2C(=O)c3ccc(CN4CC5CC(C4)N5CC[C@H](CSc4ccccc4)Nc4ccc(S(=O)(=O)NC(=O)c5ccccc5)cc4S(=O)(=O)C(F)(F)F)c(F)c3C2=O)C(=O)N1. The van der Waals surface area contributed by atoms with Gasteiger partial charge in [-0.1, -0.05) is 42.5 Å². The van der Waals surface area contributed by atoms with Crippen LogP contribution in [-0.2, 0) is 36.0 Å². The van der Waals surface area contributed by atoms with Gasteiger partial charge in [0, 0.05) is 72.5 Å². The minimum atomic E-state index is -6.13. The molecule has 342 valence electrons. The van der Waals surface area contributed by atoms with E-state index in [-0.39, 0.29) is 53.9 Å². The second kappa shape index (κ2) is 17.9. The average molecular weight is 957 g/mol. The van der Waals surface area contributed by atoms with Crippen molar-refractivity contribution in [3.8, 4) is 0 Å². The maximum absolute atomic E-state index is 16.0. The topological polar surface area (TPSA) is 199 Å². The number of hydrogen-bond acceptors (Lipinski definition) is 13. The summed E-state index contributed by atoms with van der Waals surface area (Å²) in [6.45, 7) is 1.51. The number of fused-ring (bicyclic) bond motifs is 3. The van der Waals surface area contributed by atoms with E-state index >= 15 is 4.39 Å². The lowest BCUT2D eigenvalue weighted by molar-refractivity contribution is -0.136. The smallest absolute Gasteiger partial charge is 0.380 e. The number of piperazine rings is 1. The summed E-state index contributed by atoms with van der Waals surface area (Å²) in [7, 11) is -11.0. The van der Waals surface area contributed by atoms with Crippen LogP contribution in [0.5, 0.6) is 0 Å². The molecule has 4 atom stereocenters. The molecule has 4 fully saturated rings. The van der Waals surface area contributed by atoms with Crippen LogP contribution in [-0.4, -0.2) is 116 Å². The fourth-order valence-corrected chi connectivity index (χ4v) is 11.6. The number of benzene rings is 4. The third kappa shape index (κ3) is 9.26. The second-order valence-electron chi connectivity index (χ2n) is 16.0. The summed E-state index contributed by atoms with van der Waals surface area (Å²) in [5.41, 5.74) is -6.77. The first-order valence-corrected chi connectivity index (χ1v) is 24.3. The number of anilines is 1. The van der Waals surface area contributed by atoms with Crippen LogP contribution in [0.2, 0.25) is 0 Å². The molecule has 3 unspecified atom stereocenters. The van der Waals surface area contributed by atoms with Crippen molar-refractivity contribution in [2.45, 2.75) is 76.6 Å². The third-order valence-electron chi connectivity index (χ3n) is 11.9. The molecule has 5 aliphatic rings. The van der Waals surface area contributed by atoms with Gasteiger partial charge in [0.15, 0.2) is 0 Å². The molecule has 0 radical (unpaired) electrons. The van der Waals surface area contributed by atoms with Crippen molar-refractivity contribution in [2.75, 3.05) is 30.7 Å². The maximum atomic E-state index is 16.0. The molecule has 65 heavy (non-hydrogen) atoms. The third-order valence-corrected chi connectivity index (χ3v) is 15.9. The predicted octanol–water partition coefficient (Wildman–Crippen LogP) is 4.56. The van der Waals surface area contributed by atoms with Crippen LogP contribution in [0.25, 0.3) is 0 Å². The number of sulfone groups is 1. The van der Waals surface area contributed by atoms with E-state index in [9.17, 15) is 54.0 Å². The molecule has 4 saturated heterocycles. The van der Waals surface area contributed by atoms with Gasteiger partial charge in [0.1, 0.15) is 16.8 Å². The zero-order chi connectivity index (χ0) is 46.4. The van der Waals surface area contributed by atoms with Crippen molar-refractivity contribution >= 4 is 66.8 Å². The van der Waals surface area contributed by atoms with E-state index in [2.05, 4.69) is 15.5 Å². The number of alkyl halides is 3. The first-order valence-electron chi connectivity index (χ1n) is 20.4. The van der Waals surface area contributed by atoms with E-state index in [0.717, 1.165) is 23.4 Å². The van der Waals surface area contributed by atoms with E-state index in [1.165, 1.54) is 48.2 Å². The Morgan fingerprint density at radius 1 is 0.877 bits per heavy atom. The van der Waals surface area contributed by atoms with Crippen LogP contribution in [0.15, 0.2) is 106 Å². The Morgan fingerprint density at radius 2 is 1.55 bits per heavy atom. The first kappa shape index (κ1) is 45.9. The lowest BCUT2D eigenvalue weighted by Gasteiger charge is -2.57. The lowest BCUT2D eigenvalue weighted by Crippen LogP contribution is -2.68. The zero-order valence-corrected chi connectivity index (χ0v) is 36.5. The molecule has 22 heteroatoms. The molecular weight excluding hydrogens is 917 g/mol. The van der Waals surface area contributed by atoms with Crippen molar-refractivity contribution in [1.29, 1.82) is 0 Å². The van der Waals surface area contributed by atoms with E-state index in [1.54, 1.807) is 10.8 Å². The Hall–Kier alpha value is -5.68. The Labute approximate surface area is 374 Å². The van der Waals surface area contributed by atoms with Gasteiger partial charge in [0.25, 0.3) is 37.6 Å². The van der Waals surface area contributed by atoms with Gasteiger partial charge >= 0.3 is 5.51 Å². The van der Waals surface area contributed by atoms with Gasteiger partial charge in [0.05, 0.1) is 21.7 Å². The molecule has 2 bridgehead atoms. The number of nitrogens with one attached hydrogen (secondary N) is 3. The van der Waals surface area contributed by atoms with Gasteiger partial charge in [-0.25, -0.2) is 25.9 Å². The van der Waals surface area contributed by atoms with Crippen molar-refractivity contribution in [1.82, 2.24) is 24.7 Å². The number of piperidine rings is 2. The van der Waals surface area contributed by atoms with E-state index in [4.69, 9.17) is 0 Å². The summed E-state index contributed by atoms with van der Waals surface area (Å²) in [5.74, 6) is -4.78. The van der Waals surface area contributed by atoms with Crippen molar-refractivity contribution < 1.29 is 58.4 Å². The number of carbonyl (C=O) groups excluding carboxylic acids is 5. The Morgan fingerprint density at radius 3 is 2.22 bits per heavy atom. The molecule has 4 aromatic carbocycles. The largest absolute Gasteiger partial charge is 0.501 e. The van der Waals surface area contributed by atoms with E-state index in [0.29, 0.717) is 37.0 Å². The molecule has 0 spiro atoms. The normalized spacial score (nSPS) is 20.8. The van der Waals surface area contributed by atoms with Crippen LogP contribution in [0.3, 0.4) is 0 Å². The molecular formula is C43H40F4N6O9S3. The monoisotopic (exact) mass is 956 g/mol. The Kier molecular flexibility index (Phi) is 12.7. The van der Waals surface area contributed by atoms with E-state index < -0.39 is 93.8 Å². The molecule has 5 amide bonds. The minimum Gasteiger partial charge on any atom is -0.380 e. The zero-order valence-electron chi connectivity index (χ0n) is 34.1. The van der Waals surface area contributed by atoms with Crippen LogP contribution in [0.1, 0.15) is 62.3 Å². The Balaban J connectivity index is 0.968. The quantitative estimate of drug-likeness (QED) is 0.0853. The summed E-state index contributed by atoms with van der Waals surface area (Å²) < 4.78 is 113. The standard InChI is InChI=1S/C43H40F4N6O9S3/c44-38-26(11-13-32-37(38)42(58)53(41(32)57)34-15-16-36(54)49-40(34)56)21-51-22-28-19-29(23-51)52(28)18-17-27(24-63-30-9-5-2-6-10-30)48-33-14-12-31(20-35(33)64(59,60)43(45,46)47)65(61,62)50-39(55)25-7-3-1-4-8-25/h1-14,20,27-29,34,48H,15-19,21-24H2,(H,50,55)(H,49,54,56)/t27-,28?,29?,34?/m1/s1. The number of amides is 5. The Bertz CT molecular complexity index is 2790. The second-order valence-corrected chi connectivity index (χ2v) is 20.7. The molecule has 0 aromatic heterocycles.